The molecule has 3 rings (SSSR count). The summed E-state index contributed by atoms with van der Waals surface area (Å²) in [5, 5.41) is 9.32. The predicted octanol–water partition coefficient (Wildman–Crippen LogP) is 2.44. The molecule has 0 radical (unpaired) electrons. The van der Waals surface area contributed by atoms with Gasteiger partial charge < -0.3 is 14.5 Å². The fourth-order valence-corrected chi connectivity index (χ4v) is 2.10. The van der Waals surface area contributed by atoms with Crippen molar-refractivity contribution < 1.29 is 9.47 Å². The van der Waals surface area contributed by atoms with Gasteiger partial charge in [-0.1, -0.05) is 6.07 Å². The number of hydrogen-bond acceptors (Lipinski definition) is 3. The summed E-state index contributed by atoms with van der Waals surface area (Å²) in [5.41, 5.74) is 1.87. The van der Waals surface area contributed by atoms with E-state index in [2.05, 4.69) is 11.1 Å². The van der Waals surface area contributed by atoms with Crippen molar-refractivity contribution in [3.63, 3.8) is 0 Å². The first-order valence-electron chi connectivity index (χ1n) is 5.80. The van der Waals surface area contributed by atoms with E-state index in [4.69, 9.17) is 9.47 Å². The number of hydrogen-bond donors (Lipinski definition) is 1. The van der Waals surface area contributed by atoms with Crippen LogP contribution in [0.1, 0.15) is 17.0 Å². The predicted molar refractivity (Wildman–Crippen MR) is 65.7 cm³/mol. The quantitative estimate of drug-likeness (QED) is 0.877. The maximum absolute atomic E-state index is 9.32. The maximum Gasteiger partial charge on any atom is 0.161 e. The van der Waals surface area contributed by atoms with Gasteiger partial charge in [-0.05, 0) is 29.3 Å². The first kappa shape index (κ1) is 10.7. The Labute approximate surface area is 105 Å². The molecule has 1 aliphatic rings. The summed E-state index contributed by atoms with van der Waals surface area (Å²) in [4.78, 5) is 2.97. The minimum absolute atomic E-state index is 0.285. The lowest BCUT2D eigenvalue weighted by Crippen LogP contribution is -2.15. The van der Waals surface area contributed by atoms with Crippen LogP contribution < -0.4 is 9.47 Å². The Hall–Kier alpha value is -2.41. The first-order chi connectivity index (χ1) is 8.88. The normalized spacial score (nSPS) is 14.8. The third-order valence-electron chi connectivity index (χ3n) is 2.98. The van der Waals surface area contributed by atoms with E-state index in [1.54, 1.807) is 0 Å². The highest BCUT2D eigenvalue weighted by Gasteiger charge is 2.18. The van der Waals surface area contributed by atoms with E-state index in [0.29, 0.717) is 13.2 Å². The Morgan fingerprint density at radius 2 is 1.94 bits per heavy atom. The molecule has 1 unspecified atom stereocenters. The highest BCUT2D eigenvalue weighted by atomic mass is 16.6. The fraction of sp³-hybridized carbons (Fsp3) is 0.214. The van der Waals surface area contributed by atoms with Gasteiger partial charge in [-0.25, -0.2) is 0 Å². The summed E-state index contributed by atoms with van der Waals surface area (Å²) in [5.74, 6) is 1.18. The number of ether oxygens (including phenoxy) is 2. The topological polar surface area (TPSA) is 58.0 Å². The van der Waals surface area contributed by atoms with Crippen LogP contribution in [0.3, 0.4) is 0 Å². The van der Waals surface area contributed by atoms with E-state index >= 15 is 0 Å². The van der Waals surface area contributed by atoms with Crippen molar-refractivity contribution in [2.75, 3.05) is 13.2 Å². The summed E-state index contributed by atoms with van der Waals surface area (Å²) < 4.78 is 11.0. The van der Waals surface area contributed by atoms with E-state index in [0.717, 1.165) is 22.6 Å². The molecular weight excluding hydrogens is 228 g/mol. The Kier molecular flexibility index (Phi) is 2.66. The lowest BCUT2D eigenvalue weighted by Gasteiger charge is -2.19. The van der Waals surface area contributed by atoms with Crippen molar-refractivity contribution in [1.29, 1.82) is 5.26 Å². The lowest BCUT2D eigenvalue weighted by atomic mass is 9.94. The maximum atomic E-state index is 9.32. The smallest absolute Gasteiger partial charge is 0.161 e. The van der Waals surface area contributed by atoms with Gasteiger partial charge in [0.2, 0.25) is 0 Å². The van der Waals surface area contributed by atoms with E-state index in [-0.39, 0.29) is 5.92 Å². The van der Waals surface area contributed by atoms with Gasteiger partial charge in [0, 0.05) is 12.4 Å². The largest absolute Gasteiger partial charge is 0.486 e. The van der Waals surface area contributed by atoms with Crippen LogP contribution >= 0.6 is 0 Å². The molecule has 0 spiro atoms. The second-order valence-corrected chi connectivity index (χ2v) is 4.11. The third kappa shape index (κ3) is 1.80. The molecule has 4 heteroatoms. The zero-order chi connectivity index (χ0) is 12.4. The highest BCUT2D eigenvalue weighted by Crippen LogP contribution is 2.34. The molecule has 0 bridgehead atoms. The molecule has 1 aromatic heterocycles. The number of fused-ring (bicyclic) bond motifs is 1. The second-order valence-electron chi connectivity index (χ2n) is 4.11. The van der Waals surface area contributed by atoms with Crippen LogP contribution in [0.5, 0.6) is 11.5 Å². The number of nitriles is 1. The van der Waals surface area contributed by atoms with Crippen molar-refractivity contribution in [3.05, 3.63) is 47.8 Å². The van der Waals surface area contributed by atoms with Crippen LogP contribution in [0.25, 0.3) is 0 Å². The Morgan fingerprint density at radius 1 is 1.11 bits per heavy atom. The zero-order valence-electron chi connectivity index (χ0n) is 9.72. The monoisotopic (exact) mass is 240 g/mol. The van der Waals surface area contributed by atoms with Gasteiger partial charge in [-0.15, -0.1) is 0 Å². The van der Waals surface area contributed by atoms with Crippen LogP contribution in [0.4, 0.5) is 0 Å². The number of benzene rings is 1. The third-order valence-corrected chi connectivity index (χ3v) is 2.98. The van der Waals surface area contributed by atoms with Crippen LogP contribution in [-0.2, 0) is 0 Å². The van der Waals surface area contributed by atoms with Gasteiger partial charge in [0.1, 0.15) is 13.2 Å². The summed E-state index contributed by atoms with van der Waals surface area (Å²) >= 11 is 0. The molecule has 90 valence electrons. The molecule has 18 heavy (non-hydrogen) atoms. The fourth-order valence-electron chi connectivity index (χ4n) is 2.10. The zero-order valence-corrected chi connectivity index (χ0v) is 9.72. The molecule has 0 fully saturated rings. The summed E-state index contributed by atoms with van der Waals surface area (Å²) in [7, 11) is 0. The number of rotatable bonds is 2. The van der Waals surface area contributed by atoms with Crippen molar-refractivity contribution in [1.82, 2.24) is 4.98 Å². The van der Waals surface area contributed by atoms with E-state index in [9.17, 15) is 5.26 Å². The minimum Gasteiger partial charge on any atom is -0.486 e. The average Bonchev–Trinajstić information content (AvgIpc) is 2.93. The second kappa shape index (κ2) is 4.46. The van der Waals surface area contributed by atoms with Gasteiger partial charge in [0.25, 0.3) is 0 Å². The molecule has 1 aliphatic heterocycles. The van der Waals surface area contributed by atoms with Crippen molar-refractivity contribution in [2.45, 2.75) is 5.92 Å². The molecular formula is C14H12N2O2. The standard InChI is InChI=1S/C14H12N2O2/c15-8-12(11-3-4-16-9-11)10-1-2-13-14(7-10)18-6-5-17-13/h1-4,7,9,12,16H,5-6H2. The Morgan fingerprint density at radius 3 is 2.67 bits per heavy atom. The molecule has 1 N–H and O–H groups in total. The molecule has 0 aliphatic carbocycles. The van der Waals surface area contributed by atoms with E-state index in [1.807, 2.05) is 36.7 Å². The summed E-state index contributed by atoms with van der Waals surface area (Å²) in [6.45, 7) is 1.13. The summed E-state index contributed by atoms with van der Waals surface area (Å²) in [6.07, 6.45) is 3.66. The van der Waals surface area contributed by atoms with Crippen molar-refractivity contribution >= 4 is 0 Å². The molecule has 0 saturated heterocycles. The van der Waals surface area contributed by atoms with Crippen LogP contribution in [0.2, 0.25) is 0 Å². The molecule has 1 atom stereocenters. The molecule has 1 aromatic carbocycles. The van der Waals surface area contributed by atoms with E-state index < -0.39 is 0 Å². The molecule has 2 heterocycles. The average molecular weight is 240 g/mol. The van der Waals surface area contributed by atoms with Gasteiger partial charge in [0.15, 0.2) is 11.5 Å². The van der Waals surface area contributed by atoms with Crippen LogP contribution in [-0.4, -0.2) is 18.2 Å². The van der Waals surface area contributed by atoms with Crippen molar-refractivity contribution in [3.8, 4) is 17.6 Å². The molecule has 0 amide bonds. The number of H-pyrrole nitrogens is 1. The van der Waals surface area contributed by atoms with Gasteiger partial charge in [-0.3, -0.25) is 0 Å². The number of nitrogens with zero attached hydrogens (tertiary/aromatic N) is 1. The molecule has 2 aromatic rings. The van der Waals surface area contributed by atoms with Crippen LogP contribution in [0, 0.1) is 11.3 Å². The minimum atomic E-state index is -0.285. The van der Waals surface area contributed by atoms with Crippen molar-refractivity contribution in [2.24, 2.45) is 0 Å². The number of aromatic nitrogens is 1. The summed E-state index contributed by atoms with van der Waals surface area (Å²) in [6, 6.07) is 9.88. The van der Waals surface area contributed by atoms with Crippen LogP contribution in [0.15, 0.2) is 36.7 Å². The van der Waals surface area contributed by atoms with Gasteiger partial charge in [-0.2, -0.15) is 5.26 Å². The number of aromatic amines is 1. The van der Waals surface area contributed by atoms with Gasteiger partial charge in [0.05, 0.1) is 12.0 Å². The SMILES string of the molecule is N#CC(c1cc[nH]c1)c1ccc2c(c1)OCCO2. The Balaban J connectivity index is 1.99. The highest BCUT2D eigenvalue weighted by molar-refractivity contribution is 5.48. The van der Waals surface area contributed by atoms with Gasteiger partial charge >= 0.3 is 0 Å². The lowest BCUT2D eigenvalue weighted by molar-refractivity contribution is 0.171. The van der Waals surface area contributed by atoms with E-state index in [1.165, 1.54) is 0 Å². The Bertz CT molecular complexity index is 584. The molecule has 0 saturated carbocycles. The first-order valence-corrected chi connectivity index (χ1v) is 5.80. The molecule has 4 nitrogen and oxygen atoms in total. The number of nitrogens with one attached hydrogen (secondary N) is 1.